The van der Waals surface area contributed by atoms with Gasteiger partial charge in [0.1, 0.15) is 5.75 Å². The van der Waals surface area contributed by atoms with Crippen LogP contribution in [0, 0.1) is 0 Å². The number of nitrogens with one attached hydrogen (secondary N) is 1. The highest BCUT2D eigenvalue weighted by molar-refractivity contribution is 9.11. The summed E-state index contributed by atoms with van der Waals surface area (Å²) in [5.41, 5.74) is 2.54. The van der Waals surface area contributed by atoms with Gasteiger partial charge in [-0.25, -0.2) is 0 Å². The molecule has 1 unspecified atom stereocenters. The quantitative estimate of drug-likeness (QED) is 0.745. The molecule has 2 rings (SSSR count). The SMILES string of the molecule is COc1ccc(C(C)NCc2csc(Br)c2)cc1Br. The highest BCUT2D eigenvalue weighted by Gasteiger charge is 2.08. The third kappa shape index (κ3) is 4.05. The van der Waals surface area contributed by atoms with E-state index in [0.717, 1.165) is 16.8 Å². The van der Waals surface area contributed by atoms with Crippen molar-refractivity contribution in [3.63, 3.8) is 0 Å². The largest absolute Gasteiger partial charge is 0.496 e. The number of methoxy groups -OCH3 is 1. The number of rotatable bonds is 5. The average Bonchev–Trinajstić information content (AvgIpc) is 2.81. The fourth-order valence-electron chi connectivity index (χ4n) is 1.78. The summed E-state index contributed by atoms with van der Waals surface area (Å²) in [5, 5.41) is 5.68. The summed E-state index contributed by atoms with van der Waals surface area (Å²) in [4.78, 5) is 0. The first-order valence-electron chi connectivity index (χ1n) is 5.90. The topological polar surface area (TPSA) is 21.3 Å². The Morgan fingerprint density at radius 3 is 2.68 bits per heavy atom. The van der Waals surface area contributed by atoms with E-state index in [4.69, 9.17) is 4.74 Å². The molecule has 1 N–H and O–H groups in total. The highest BCUT2D eigenvalue weighted by Crippen LogP contribution is 2.28. The van der Waals surface area contributed by atoms with Crippen LogP contribution in [0.5, 0.6) is 5.75 Å². The molecular formula is C14H15Br2NOS. The van der Waals surface area contributed by atoms with E-state index in [1.165, 1.54) is 14.9 Å². The molecule has 0 saturated carbocycles. The molecule has 0 aliphatic heterocycles. The number of hydrogen-bond donors (Lipinski definition) is 1. The summed E-state index contributed by atoms with van der Waals surface area (Å²) >= 11 is 8.71. The molecule has 2 nitrogen and oxygen atoms in total. The third-order valence-corrected chi connectivity index (χ3v) is 5.08. The Balaban J connectivity index is 1.99. The Bertz CT molecular complexity index is 556. The van der Waals surface area contributed by atoms with Crippen LogP contribution in [0.15, 0.2) is 37.9 Å². The summed E-state index contributed by atoms with van der Waals surface area (Å²) in [6, 6.07) is 8.61. The van der Waals surface area contributed by atoms with Gasteiger partial charge in [-0.15, -0.1) is 11.3 Å². The van der Waals surface area contributed by atoms with Crippen molar-refractivity contribution in [3.8, 4) is 5.75 Å². The van der Waals surface area contributed by atoms with Crippen LogP contribution in [0.1, 0.15) is 24.1 Å². The first-order valence-corrected chi connectivity index (χ1v) is 8.36. The van der Waals surface area contributed by atoms with E-state index in [0.29, 0.717) is 6.04 Å². The van der Waals surface area contributed by atoms with Gasteiger partial charge in [-0.05, 0) is 73.5 Å². The monoisotopic (exact) mass is 403 g/mol. The summed E-state index contributed by atoms with van der Waals surface area (Å²) in [7, 11) is 1.68. The van der Waals surface area contributed by atoms with Gasteiger partial charge in [-0.3, -0.25) is 0 Å². The van der Waals surface area contributed by atoms with Crippen molar-refractivity contribution < 1.29 is 4.74 Å². The fraction of sp³-hybridized carbons (Fsp3) is 0.286. The first-order chi connectivity index (χ1) is 9.10. The Hall–Kier alpha value is -0.360. The number of ether oxygens (including phenoxy) is 1. The lowest BCUT2D eigenvalue weighted by molar-refractivity contribution is 0.411. The van der Waals surface area contributed by atoms with Gasteiger partial charge in [-0.1, -0.05) is 6.07 Å². The van der Waals surface area contributed by atoms with Gasteiger partial charge in [-0.2, -0.15) is 0 Å². The van der Waals surface area contributed by atoms with Crippen LogP contribution < -0.4 is 10.1 Å². The van der Waals surface area contributed by atoms with Crippen LogP contribution in [0.4, 0.5) is 0 Å². The van der Waals surface area contributed by atoms with Crippen molar-refractivity contribution in [1.82, 2.24) is 5.32 Å². The number of halogens is 2. The van der Waals surface area contributed by atoms with Gasteiger partial charge in [0.15, 0.2) is 0 Å². The molecule has 2 aromatic rings. The van der Waals surface area contributed by atoms with E-state index in [-0.39, 0.29) is 0 Å². The Labute approximate surface area is 134 Å². The van der Waals surface area contributed by atoms with E-state index in [1.54, 1.807) is 18.4 Å². The van der Waals surface area contributed by atoms with Gasteiger partial charge in [0.05, 0.1) is 15.4 Å². The lowest BCUT2D eigenvalue weighted by Gasteiger charge is -2.15. The van der Waals surface area contributed by atoms with Crippen molar-refractivity contribution in [3.05, 3.63) is 49.0 Å². The maximum Gasteiger partial charge on any atom is 0.133 e. The molecule has 0 aliphatic rings. The number of hydrogen-bond acceptors (Lipinski definition) is 3. The van der Waals surface area contributed by atoms with Crippen LogP contribution in [-0.4, -0.2) is 7.11 Å². The summed E-state index contributed by atoms with van der Waals surface area (Å²) < 4.78 is 7.40. The standard InChI is InChI=1S/C14H15Br2NOS/c1-9(17-7-10-5-14(16)19-8-10)11-3-4-13(18-2)12(15)6-11/h3-6,8-9,17H,7H2,1-2H3. The summed E-state index contributed by atoms with van der Waals surface area (Å²) in [6.07, 6.45) is 0. The predicted octanol–water partition coefficient (Wildman–Crippen LogP) is 5.13. The minimum atomic E-state index is 0.292. The second-order valence-corrected chi connectivity index (χ2v) is 7.40. The second kappa shape index (κ2) is 6.88. The summed E-state index contributed by atoms with van der Waals surface area (Å²) in [5.74, 6) is 0.859. The van der Waals surface area contributed by atoms with Crippen molar-refractivity contribution in [1.29, 1.82) is 0 Å². The zero-order chi connectivity index (χ0) is 13.8. The number of benzene rings is 1. The number of thiophene rings is 1. The van der Waals surface area contributed by atoms with Crippen LogP contribution in [0.2, 0.25) is 0 Å². The molecule has 19 heavy (non-hydrogen) atoms. The van der Waals surface area contributed by atoms with Gasteiger partial charge in [0.2, 0.25) is 0 Å². The predicted molar refractivity (Wildman–Crippen MR) is 88.0 cm³/mol. The molecule has 1 atom stereocenters. The molecule has 0 fully saturated rings. The van der Waals surface area contributed by atoms with Crippen molar-refractivity contribution in [2.75, 3.05) is 7.11 Å². The maximum absolute atomic E-state index is 5.24. The zero-order valence-electron chi connectivity index (χ0n) is 10.7. The van der Waals surface area contributed by atoms with Crippen molar-refractivity contribution in [2.45, 2.75) is 19.5 Å². The molecule has 0 amide bonds. The maximum atomic E-state index is 5.24. The zero-order valence-corrected chi connectivity index (χ0v) is 14.7. The normalized spacial score (nSPS) is 12.4. The molecule has 0 bridgehead atoms. The Morgan fingerprint density at radius 2 is 2.11 bits per heavy atom. The second-order valence-electron chi connectivity index (χ2n) is 4.26. The van der Waals surface area contributed by atoms with Gasteiger partial charge >= 0.3 is 0 Å². The van der Waals surface area contributed by atoms with Crippen LogP contribution in [0.3, 0.4) is 0 Å². The van der Waals surface area contributed by atoms with E-state index in [9.17, 15) is 0 Å². The van der Waals surface area contributed by atoms with Crippen LogP contribution in [-0.2, 0) is 6.54 Å². The van der Waals surface area contributed by atoms with Crippen LogP contribution >= 0.6 is 43.2 Å². The first kappa shape index (κ1) is 15.0. The molecular weight excluding hydrogens is 390 g/mol. The van der Waals surface area contributed by atoms with Crippen molar-refractivity contribution >= 4 is 43.2 Å². The fourth-order valence-corrected chi connectivity index (χ4v) is 3.55. The lowest BCUT2D eigenvalue weighted by Crippen LogP contribution is -2.17. The summed E-state index contributed by atoms with van der Waals surface area (Å²) in [6.45, 7) is 3.03. The molecule has 0 radical (unpaired) electrons. The van der Waals surface area contributed by atoms with Crippen LogP contribution in [0.25, 0.3) is 0 Å². The van der Waals surface area contributed by atoms with Gasteiger partial charge in [0.25, 0.3) is 0 Å². The average molecular weight is 405 g/mol. The van der Waals surface area contributed by atoms with Crippen molar-refractivity contribution in [2.24, 2.45) is 0 Å². The molecule has 1 aromatic carbocycles. The minimum absolute atomic E-state index is 0.292. The Morgan fingerprint density at radius 1 is 1.32 bits per heavy atom. The smallest absolute Gasteiger partial charge is 0.133 e. The van der Waals surface area contributed by atoms with E-state index in [2.05, 4.69) is 67.7 Å². The minimum Gasteiger partial charge on any atom is -0.496 e. The lowest BCUT2D eigenvalue weighted by atomic mass is 10.1. The highest BCUT2D eigenvalue weighted by atomic mass is 79.9. The molecule has 102 valence electrons. The molecule has 1 aromatic heterocycles. The molecule has 0 aliphatic carbocycles. The van der Waals surface area contributed by atoms with E-state index in [1.807, 2.05) is 6.07 Å². The van der Waals surface area contributed by atoms with Gasteiger partial charge < -0.3 is 10.1 Å². The molecule has 0 spiro atoms. The Kier molecular flexibility index (Phi) is 5.45. The van der Waals surface area contributed by atoms with E-state index < -0.39 is 0 Å². The van der Waals surface area contributed by atoms with E-state index >= 15 is 0 Å². The van der Waals surface area contributed by atoms with Gasteiger partial charge in [0, 0.05) is 12.6 Å². The molecule has 0 saturated heterocycles. The third-order valence-electron chi connectivity index (χ3n) is 2.91. The molecule has 5 heteroatoms. The molecule has 1 heterocycles.